The fourth-order valence-electron chi connectivity index (χ4n) is 1.73. The van der Waals surface area contributed by atoms with Crippen LogP contribution in [0.15, 0.2) is 48.2 Å². The van der Waals surface area contributed by atoms with E-state index >= 15 is 0 Å². The molecule has 0 unspecified atom stereocenters. The predicted octanol–water partition coefficient (Wildman–Crippen LogP) is 4.06. The summed E-state index contributed by atoms with van der Waals surface area (Å²) in [5.74, 6) is 0.444. The van der Waals surface area contributed by atoms with Crippen molar-refractivity contribution in [2.24, 2.45) is 0 Å². The number of pyridine rings is 1. The zero-order valence-electron chi connectivity index (χ0n) is 13.7. The van der Waals surface area contributed by atoms with Gasteiger partial charge in [-0.3, -0.25) is 0 Å². The van der Waals surface area contributed by atoms with Gasteiger partial charge in [-0.05, 0) is 38.0 Å². The Morgan fingerprint density at radius 2 is 1.91 bits per heavy atom. The fraction of sp³-hybridized carbons (Fsp3) is 0.368. The molecule has 0 bridgehead atoms. The van der Waals surface area contributed by atoms with Gasteiger partial charge in [0.05, 0.1) is 12.1 Å². The van der Waals surface area contributed by atoms with Crippen LogP contribution in [0.25, 0.3) is 10.9 Å². The van der Waals surface area contributed by atoms with Crippen molar-refractivity contribution in [1.82, 2.24) is 4.98 Å². The van der Waals surface area contributed by atoms with Crippen LogP contribution in [-0.2, 0) is 0 Å². The van der Waals surface area contributed by atoms with Gasteiger partial charge in [-0.1, -0.05) is 44.5 Å². The molecule has 1 aromatic heterocycles. The van der Waals surface area contributed by atoms with Crippen molar-refractivity contribution in [3.63, 3.8) is 0 Å². The molecule has 0 aliphatic carbocycles. The van der Waals surface area contributed by atoms with Gasteiger partial charge in [-0.25, -0.2) is 4.98 Å². The molecule has 0 saturated heterocycles. The zero-order chi connectivity index (χ0) is 16.4. The smallest absolute Gasteiger partial charge is 0.255 e. The molecule has 0 radical (unpaired) electrons. The minimum atomic E-state index is -0.0276. The SMILES string of the molecule is C=C=C(C)C.CCCCCOc1cc2ccccc2nc1O.[AlH3]. The lowest BCUT2D eigenvalue weighted by atomic mass is 10.2. The number of para-hydroxylation sites is 1. The first kappa shape index (κ1) is 21.3. The summed E-state index contributed by atoms with van der Waals surface area (Å²) in [4.78, 5) is 4.11. The molecule has 2 rings (SSSR count). The number of aromatic nitrogens is 1. The Labute approximate surface area is 149 Å². The van der Waals surface area contributed by atoms with E-state index in [0.29, 0.717) is 12.4 Å². The second-order valence-corrected chi connectivity index (χ2v) is 5.24. The Balaban J connectivity index is 0.000000709. The molecule has 0 spiro atoms. The highest BCUT2D eigenvalue weighted by atomic mass is 27.0. The minimum absolute atomic E-state index is 0. The Hall–Kier alpha value is -1.72. The van der Waals surface area contributed by atoms with Crippen molar-refractivity contribution in [3.8, 4) is 11.6 Å². The van der Waals surface area contributed by atoms with Crippen LogP contribution in [0.2, 0.25) is 0 Å². The molecule has 1 aromatic carbocycles. The molecule has 0 aliphatic heterocycles. The van der Waals surface area contributed by atoms with Crippen molar-refractivity contribution in [3.05, 3.63) is 48.2 Å². The third-order valence-electron chi connectivity index (χ3n) is 3.03. The zero-order valence-corrected chi connectivity index (χ0v) is 13.7. The third-order valence-corrected chi connectivity index (χ3v) is 3.03. The third kappa shape index (κ3) is 7.91. The van der Waals surface area contributed by atoms with Crippen LogP contribution < -0.4 is 4.74 Å². The van der Waals surface area contributed by atoms with Crippen LogP contribution in [0.3, 0.4) is 0 Å². The quantitative estimate of drug-likeness (QED) is 0.511. The molecule has 2 aromatic rings. The molecule has 4 heteroatoms. The van der Waals surface area contributed by atoms with Crippen LogP contribution in [0, 0.1) is 0 Å². The van der Waals surface area contributed by atoms with Gasteiger partial charge in [0.1, 0.15) is 0 Å². The van der Waals surface area contributed by atoms with Gasteiger partial charge >= 0.3 is 0 Å². The molecule has 0 aliphatic rings. The highest BCUT2D eigenvalue weighted by Gasteiger charge is 2.06. The fourth-order valence-corrected chi connectivity index (χ4v) is 1.73. The summed E-state index contributed by atoms with van der Waals surface area (Å²) in [5, 5.41) is 10.7. The van der Waals surface area contributed by atoms with Crippen molar-refractivity contribution < 1.29 is 9.84 Å². The standard InChI is InChI=1S/C14H17NO2.C5H8.Al.3H/c1-2-3-6-9-17-13-10-11-7-4-5-8-12(11)15-14(13)16;1-4-5(2)3;;;;/h4-5,7-8,10H,2-3,6,9H2,1H3,(H,15,16);1H2,2-3H3;;;;. The topological polar surface area (TPSA) is 42.4 Å². The first-order valence-electron chi connectivity index (χ1n) is 7.63. The van der Waals surface area contributed by atoms with E-state index in [2.05, 4.69) is 24.2 Å². The lowest BCUT2D eigenvalue weighted by Gasteiger charge is -2.08. The number of unbranched alkanes of at least 4 members (excludes halogenated alkanes) is 2. The number of rotatable bonds is 5. The van der Waals surface area contributed by atoms with E-state index in [1.165, 1.54) is 0 Å². The van der Waals surface area contributed by atoms with E-state index in [4.69, 9.17) is 4.74 Å². The number of hydrogen-bond acceptors (Lipinski definition) is 3. The molecule has 0 fully saturated rings. The highest BCUT2D eigenvalue weighted by molar-refractivity contribution is 5.80. The maximum atomic E-state index is 9.73. The summed E-state index contributed by atoms with van der Waals surface area (Å²) in [7, 11) is 0. The average Bonchev–Trinajstić information content (AvgIpc) is 2.52. The Bertz CT molecular complexity index is 645. The number of benzene rings is 1. The van der Waals surface area contributed by atoms with Crippen molar-refractivity contribution in [2.45, 2.75) is 40.0 Å². The predicted molar refractivity (Wildman–Crippen MR) is 102 cm³/mol. The van der Waals surface area contributed by atoms with Gasteiger partial charge in [0.2, 0.25) is 0 Å². The number of allylic oxidation sites excluding steroid dienone is 1. The number of fused-ring (bicyclic) bond motifs is 1. The van der Waals surface area contributed by atoms with E-state index < -0.39 is 0 Å². The summed E-state index contributed by atoms with van der Waals surface area (Å²) < 4.78 is 5.53. The maximum absolute atomic E-state index is 9.73. The highest BCUT2D eigenvalue weighted by Crippen LogP contribution is 2.28. The van der Waals surface area contributed by atoms with Crippen LogP contribution in [0.4, 0.5) is 0 Å². The van der Waals surface area contributed by atoms with Gasteiger partial charge in [0.25, 0.3) is 5.88 Å². The Morgan fingerprint density at radius 3 is 2.52 bits per heavy atom. The number of hydrogen-bond donors (Lipinski definition) is 1. The maximum Gasteiger partial charge on any atom is 0.255 e. The van der Waals surface area contributed by atoms with Gasteiger partial charge in [0.15, 0.2) is 23.1 Å². The molecular weight excluding hydrogens is 301 g/mol. The van der Waals surface area contributed by atoms with E-state index in [9.17, 15) is 5.11 Å². The van der Waals surface area contributed by atoms with E-state index in [0.717, 1.165) is 35.7 Å². The van der Waals surface area contributed by atoms with Crippen LogP contribution >= 0.6 is 0 Å². The number of nitrogens with zero attached hydrogens (tertiary/aromatic N) is 1. The van der Waals surface area contributed by atoms with Gasteiger partial charge in [0, 0.05) is 5.39 Å². The van der Waals surface area contributed by atoms with Crippen molar-refractivity contribution in [2.75, 3.05) is 6.61 Å². The normalized spacial score (nSPS) is 9.17. The van der Waals surface area contributed by atoms with Crippen molar-refractivity contribution >= 4 is 28.3 Å². The lowest BCUT2D eigenvalue weighted by molar-refractivity contribution is 0.287. The van der Waals surface area contributed by atoms with Crippen LogP contribution in [0.1, 0.15) is 40.0 Å². The number of aromatic hydroxyl groups is 1. The molecular formula is C19H28AlNO2. The first-order chi connectivity index (χ1) is 10.6. The summed E-state index contributed by atoms with van der Waals surface area (Å²) in [6, 6.07) is 9.51. The summed E-state index contributed by atoms with van der Waals surface area (Å²) in [6.07, 6.45) is 3.30. The minimum Gasteiger partial charge on any atom is -0.491 e. The summed E-state index contributed by atoms with van der Waals surface area (Å²) in [5.41, 5.74) is 4.62. The Kier molecular flexibility index (Phi) is 10.9. The molecule has 1 heterocycles. The van der Waals surface area contributed by atoms with Crippen LogP contribution in [-0.4, -0.2) is 34.1 Å². The van der Waals surface area contributed by atoms with Crippen molar-refractivity contribution in [1.29, 1.82) is 0 Å². The molecule has 23 heavy (non-hydrogen) atoms. The second-order valence-electron chi connectivity index (χ2n) is 5.24. The molecule has 0 atom stereocenters. The van der Waals surface area contributed by atoms with E-state index in [1.54, 1.807) is 0 Å². The largest absolute Gasteiger partial charge is 0.491 e. The van der Waals surface area contributed by atoms with E-state index in [1.807, 2.05) is 44.2 Å². The lowest BCUT2D eigenvalue weighted by Crippen LogP contribution is -1.98. The first-order valence-corrected chi connectivity index (χ1v) is 7.63. The summed E-state index contributed by atoms with van der Waals surface area (Å²) in [6.45, 7) is 10.1. The monoisotopic (exact) mass is 329 g/mol. The molecule has 1 N–H and O–H groups in total. The van der Waals surface area contributed by atoms with Gasteiger partial charge < -0.3 is 9.84 Å². The second kappa shape index (κ2) is 11.8. The van der Waals surface area contributed by atoms with Gasteiger partial charge in [-0.2, -0.15) is 0 Å². The van der Waals surface area contributed by atoms with Crippen LogP contribution in [0.5, 0.6) is 11.6 Å². The van der Waals surface area contributed by atoms with E-state index in [-0.39, 0.29) is 23.2 Å². The average molecular weight is 329 g/mol. The number of ether oxygens (including phenoxy) is 1. The molecule has 124 valence electrons. The molecule has 0 amide bonds. The molecule has 0 saturated carbocycles. The Morgan fingerprint density at radius 1 is 1.26 bits per heavy atom. The summed E-state index contributed by atoms with van der Waals surface area (Å²) >= 11 is 0. The van der Waals surface area contributed by atoms with Gasteiger partial charge in [-0.15, -0.1) is 5.73 Å². The molecule has 3 nitrogen and oxygen atoms in total.